The molecule has 3 aliphatic rings. The fraction of sp³-hybridized carbons (Fsp3) is 0.167. The van der Waals surface area contributed by atoms with Gasteiger partial charge in [-0.25, -0.2) is 0 Å². The van der Waals surface area contributed by atoms with E-state index in [0.29, 0.717) is 22.6 Å². The van der Waals surface area contributed by atoms with Gasteiger partial charge < -0.3 is 9.47 Å². The Bertz CT molecular complexity index is 1940. The largest absolute Gasteiger partial charge is 0.497 e. The van der Waals surface area contributed by atoms with Gasteiger partial charge in [-0.15, -0.1) is 0 Å². The lowest BCUT2D eigenvalue weighted by Gasteiger charge is -2.39. The van der Waals surface area contributed by atoms with Crippen molar-refractivity contribution in [2.75, 3.05) is 14.2 Å². The van der Waals surface area contributed by atoms with E-state index in [1.807, 2.05) is 140 Å². The number of benzene rings is 5. The number of Topliss-reactive ketones (excluding diaryl/α,β-unsaturated/α-hetero) is 1. The summed E-state index contributed by atoms with van der Waals surface area (Å²) >= 11 is 0. The number of nitrogens with zero attached hydrogens (tertiary/aromatic N) is 1. The number of hydrogen-bond acceptors (Lipinski definition) is 5. The van der Waals surface area contributed by atoms with Crippen molar-refractivity contribution in [1.29, 1.82) is 0 Å². The van der Waals surface area contributed by atoms with Gasteiger partial charge in [0.2, 0.25) is 11.8 Å². The van der Waals surface area contributed by atoms with E-state index in [0.717, 1.165) is 27.8 Å². The number of amides is 2. The molecule has 0 N–H and O–H groups in total. The fourth-order valence-electron chi connectivity index (χ4n) is 8.62. The molecule has 5 aromatic carbocycles. The standard InChI is InChI=1S/C42H33NO5/c1-47-32-22-18-28(19-23-32)34-35(29-20-24-33(48-2)25-21-29)42(31-16-10-5-11-17-31)37-36(41(34,40(42)46)30-14-8-4-9-15-30)38(44)43(39(37)45)26-27-12-6-3-7-13-27/h3-25,36-37H,26H2,1-2H3/t36-,37-,41+,42+/m0/s1. The van der Waals surface area contributed by atoms with Gasteiger partial charge in [0.05, 0.1) is 43.4 Å². The number of carbonyl (C=O) groups is 3. The molecule has 2 bridgehead atoms. The maximum absolute atomic E-state index is 16.0. The summed E-state index contributed by atoms with van der Waals surface area (Å²) in [5.74, 6) is -1.38. The van der Waals surface area contributed by atoms with Crippen molar-refractivity contribution in [1.82, 2.24) is 4.90 Å². The van der Waals surface area contributed by atoms with E-state index in [1.165, 1.54) is 4.90 Å². The molecule has 6 nitrogen and oxygen atoms in total. The molecule has 0 radical (unpaired) electrons. The fourth-order valence-corrected chi connectivity index (χ4v) is 8.62. The van der Waals surface area contributed by atoms with Crippen molar-refractivity contribution in [3.05, 3.63) is 167 Å². The lowest BCUT2D eigenvalue weighted by atomic mass is 9.59. The van der Waals surface area contributed by atoms with E-state index in [2.05, 4.69) is 0 Å². The Morgan fingerprint density at radius 2 is 0.896 bits per heavy atom. The smallest absolute Gasteiger partial charge is 0.235 e. The van der Waals surface area contributed by atoms with Gasteiger partial charge in [0, 0.05) is 0 Å². The number of rotatable bonds is 8. The molecule has 2 aliphatic carbocycles. The zero-order valence-electron chi connectivity index (χ0n) is 26.6. The van der Waals surface area contributed by atoms with Crippen LogP contribution < -0.4 is 9.47 Å². The molecule has 4 atom stereocenters. The number of allylic oxidation sites excluding steroid dienone is 2. The SMILES string of the molecule is COc1ccc(C2=C(c3ccc(OC)cc3)[C@@]3(c4ccccc4)C(=O)[C@@]2(c2ccccc2)[C@@H]2C(=O)N(Cc4ccccc4)C(=O)[C@H]23)cc1. The third-order valence-corrected chi connectivity index (χ3v) is 10.5. The Kier molecular flexibility index (Phi) is 6.91. The van der Waals surface area contributed by atoms with Crippen molar-refractivity contribution in [3.8, 4) is 11.5 Å². The molecule has 48 heavy (non-hydrogen) atoms. The maximum Gasteiger partial charge on any atom is 0.235 e. The highest BCUT2D eigenvalue weighted by atomic mass is 16.5. The third-order valence-electron chi connectivity index (χ3n) is 10.5. The summed E-state index contributed by atoms with van der Waals surface area (Å²) in [5.41, 5.74) is 2.37. The van der Waals surface area contributed by atoms with Crippen molar-refractivity contribution in [3.63, 3.8) is 0 Å². The van der Waals surface area contributed by atoms with E-state index in [1.54, 1.807) is 14.2 Å². The summed E-state index contributed by atoms with van der Waals surface area (Å²) in [7, 11) is 3.23. The van der Waals surface area contributed by atoms with E-state index < -0.39 is 22.7 Å². The van der Waals surface area contributed by atoms with Gasteiger partial charge in [-0.05, 0) is 63.2 Å². The second-order valence-electron chi connectivity index (χ2n) is 12.6. The van der Waals surface area contributed by atoms with Crippen LogP contribution in [0.3, 0.4) is 0 Å². The van der Waals surface area contributed by atoms with Crippen LogP contribution in [0.15, 0.2) is 140 Å². The van der Waals surface area contributed by atoms with E-state index in [4.69, 9.17) is 9.47 Å². The molecule has 1 heterocycles. The van der Waals surface area contributed by atoms with E-state index >= 15 is 4.79 Å². The van der Waals surface area contributed by atoms with Gasteiger partial charge >= 0.3 is 0 Å². The summed E-state index contributed by atoms with van der Waals surface area (Å²) in [6.07, 6.45) is 0. The van der Waals surface area contributed by atoms with Crippen LogP contribution >= 0.6 is 0 Å². The second kappa shape index (κ2) is 11.2. The Morgan fingerprint density at radius 3 is 1.27 bits per heavy atom. The molecular weight excluding hydrogens is 598 g/mol. The van der Waals surface area contributed by atoms with Gasteiger partial charge in [-0.3, -0.25) is 19.3 Å². The van der Waals surface area contributed by atoms with Crippen LogP contribution in [-0.2, 0) is 31.8 Å². The van der Waals surface area contributed by atoms with Gasteiger partial charge in [-0.2, -0.15) is 0 Å². The molecule has 2 fully saturated rings. The number of ether oxygens (including phenoxy) is 2. The van der Waals surface area contributed by atoms with Crippen molar-refractivity contribution in [2.24, 2.45) is 11.8 Å². The van der Waals surface area contributed by atoms with Crippen LogP contribution in [0, 0.1) is 11.8 Å². The third kappa shape index (κ3) is 3.89. The number of methoxy groups -OCH3 is 2. The Balaban J connectivity index is 1.51. The van der Waals surface area contributed by atoms with Crippen LogP contribution in [-0.4, -0.2) is 36.7 Å². The lowest BCUT2D eigenvalue weighted by molar-refractivity contribution is -0.143. The molecule has 0 aromatic heterocycles. The molecule has 1 saturated carbocycles. The quantitative estimate of drug-likeness (QED) is 0.175. The topological polar surface area (TPSA) is 72.9 Å². The van der Waals surface area contributed by atoms with E-state index in [-0.39, 0.29) is 24.1 Å². The summed E-state index contributed by atoms with van der Waals surface area (Å²) in [6.45, 7) is 0.130. The number of imide groups is 1. The lowest BCUT2D eigenvalue weighted by Crippen LogP contribution is -2.45. The average molecular weight is 632 g/mol. The second-order valence-corrected chi connectivity index (χ2v) is 12.6. The van der Waals surface area contributed by atoms with Gasteiger partial charge in [0.15, 0.2) is 5.78 Å². The first-order chi connectivity index (χ1) is 23.5. The minimum atomic E-state index is -1.45. The highest BCUT2D eigenvalue weighted by Crippen LogP contribution is 2.74. The first-order valence-corrected chi connectivity index (χ1v) is 16.1. The molecule has 8 rings (SSSR count). The van der Waals surface area contributed by atoms with Crippen molar-refractivity contribution in [2.45, 2.75) is 17.4 Å². The van der Waals surface area contributed by atoms with E-state index in [9.17, 15) is 9.59 Å². The average Bonchev–Trinajstić information content (AvgIpc) is 3.65. The predicted molar refractivity (Wildman–Crippen MR) is 183 cm³/mol. The number of likely N-dealkylation sites (tertiary alicyclic amines) is 1. The van der Waals surface area contributed by atoms with Crippen molar-refractivity contribution >= 4 is 28.7 Å². The monoisotopic (exact) mass is 631 g/mol. The van der Waals surface area contributed by atoms with Gasteiger partial charge in [0.1, 0.15) is 11.5 Å². The van der Waals surface area contributed by atoms with Crippen LogP contribution in [0.5, 0.6) is 11.5 Å². The highest BCUT2D eigenvalue weighted by Gasteiger charge is 2.82. The first kappa shape index (κ1) is 29.6. The van der Waals surface area contributed by atoms with Crippen LogP contribution in [0.2, 0.25) is 0 Å². The van der Waals surface area contributed by atoms with Gasteiger partial charge in [0.25, 0.3) is 0 Å². The minimum absolute atomic E-state index is 0.130. The highest BCUT2D eigenvalue weighted by molar-refractivity contribution is 6.35. The molecule has 1 saturated heterocycles. The molecule has 0 unspecified atom stereocenters. The van der Waals surface area contributed by atoms with Crippen LogP contribution in [0.25, 0.3) is 11.1 Å². The first-order valence-electron chi connectivity index (χ1n) is 16.1. The molecule has 6 heteroatoms. The maximum atomic E-state index is 16.0. The molecule has 236 valence electrons. The zero-order chi connectivity index (χ0) is 33.0. The summed E-state index contributed by atoms with van der Waals surface area (Å²) in [4.78, 5) is 47.3. The Morgan fingerprint density at radius 1 is 0.521 bits per heavy atom. The van der Waals surface area contributed by atoms with Crippen LogP contribution in [0.4, 0.5) is 0 Å². The van der Waals surface area contributed by atoms with Crippen molar-refractivity contribution < 1.29 is 23.9 Å². The van der Waals surface area contributed by atoms with Crippen LogP contribution in [0.1, 0.15) is 27.8 Å². The predicted octanol–water partition coefficient (Wildman–Crippen LogP) is 6.89. The molecule has 1 aliphatic heterocycles. The molecule has 5 aromatic rings. The number of ketones is 1. The number of carbonyl (C=O) groups excluding carboxylic acids is 3. The number of hydrogen-bond donors (Lipinski definition) is 0. The summed E-state index contributed by atoms with van der Waals surface area (Å²) in [5, 5.41) is 0. The Hall–Kier alpha value is -5.75. The molecular formula is C42H33NO5. The summed E-state index contributed by atoms with van der Waals surface area (Å²) < 4.78 is 11.0. The summed E-state index contributed by atoms with van der Waals surface area (Å²) in [6, 6.07) is 43.9. The van der Waals surface area contributed by atoms with Gasteiger partial charge in [-0.1, -0.05) is 115 Å². The number of fused-ring (bicyclic) bond motifs is 5. The Labute approximate surface area is 279 Å². The molecule has 0 spiro atoms. The zero-order valence-corrected chi connectivity index (χ0v) is 26.6. The normalized spacial score (nSPS) is 24.3. The minimum Gasteiger partial charge on any atom is -0.497 e. The molecule has 2 amide bonds.